The molecule has 2 rings (SSSR count). The molecule has 1 unspecified atom stereocenters. The van der Waals surface area contributed by atoms with Crippen LogP contribution in [-0.2, 0) is 13.5 Å². The maximum Gasteiger partial charge on any atom is 0.108 e. The smallest absolute Gasteiger partial charge is 0.108 e. The van der Waals surface area contributed by atoms with Crippen LogP contribution in [0.1, 0.15) is 50.8 Å². The Hall–Kier alpha value is -0.870. The van der Waals surface area contributed by atoms with E-state index >= 15 is 0 Å². The first-order chi connectivity index (χ1) is 9.56. The molecule has 1 heterocycles. The zero-order valence-corrected chi connectivity index (χ0v) is 13.2. The summed E-state index contributed by atoms with van der Waals surface area (Å²) in [6.45, 7) is 0. The molecule has 0 amide bonds. The number of nitrogens with zero attached hydrogens (tertiary/aromatic N) is 3. The van der Waals surface area contributed by atoms with Crippen LogP contribution >= 0.6 is 0 Å². The summed E-state index contributed by atoms with van der Waals surface area (Å²) in [6.07, 6.45) is 12.5. The van der Waals surface area contributed by atoms with Gasteiger partial charge in [0.2, 0.25) is 0 Å². The summed E-state index contributed by atoms with van der Waals surface area (Å²) in [5.74, 6) is 1.06. The molecule has 0 aromatic carbocycles. The molecule has 4 heteroatoms. The van der Waals surface area contributed by atoms with E-state index in [4.69, 9.17) is 0 Å². The second kappa shape index (κ2) is 6.72. The number of hydrogen-bond acceptors (Lipinski definition) is 3. The molecule has 1 atom stereocenters. The van der Waals surface area contributed by atoms with Crippen molar-refractivity contribution >= 4 is 0 Å². The van der Waals surface area contributed by atoms with Gasteiger partial charge in [-0.15, -0.1) is 0 Å². The summed E-state index contributed by atoms with van der Waals surface area (Å²) in [7, 11) is 6.26. The average Bonchev–Trinajstić information content (AvgIpc) is 2.67. The van der Waals surface area contributed by atoms with E-state index < -0.39 is 0 Å². The maximum absolute atomic E-state index is 10.8. The van der Waals surface area contributed by atoms with Gasteiger partial charge in [0.15, 0.2) is 0 Å². The molecule has 1 N–H and O–H groups in total. The molecular weight excluding hydrogens is 250 g/mol. The Bertz CT molecular complexity index is 406. The summed E-state index contributed by atoms with van der Waals surface area (Å²) >= 11 is 0. The fourth-order valence-corrected chi connectivity index (χ4v) is 3.59. The third-order valence-corrected chi connectivity index (χ3v) is 5.04. The topological polar surface area (TPSA) is 41.3 Å². The first-order valence-corrected chi connectivity index (χ1v) is 7.88. The number of rotatable bonds is 5. The third kappa shape index (κ3) is 3.23. The molecule has 0 bridgehead atoms. The minimum Gasteiger partial charge on any atom is -0.391 e. The molecule has 20 heavy (non-hydrogen) atoms. The lowest BCUT2D eigenvalue weighted by atomic mass is 9.81. The van der Waals surface area contributed by atoms with Crippen LogP contribution in [-0.4, -0.2) is 45.3 Å². The van der Waals surface area contributed by atoms with E-state index in [0.29, 0.717) is 0 Å². The van der Waals surface area contributed by atoms with Gasteiger partial charge in [0, 0.05) is 31.4 Å². The largest absolute Gasteiger partial charge is 0.391 e. The minimum atomic E-state index is -0.271. The number of aryl methyl sites for hydroxylation is 2. The van der Waals surface area contributed by atoms with Gasteiger partial charge in [-0.25, -0.2) is 4.98 Å². The van der Waals surface area contributed by atoms with E-state index in [0.717, 1.165) is 31.5 Å². The Labute approximate surface area is 122 Å². The van der Waals surface area contributed by atoms with Crippen LogP contribution in [0.25, 0.3) is 0 Å². The lowest BCUT2D eigenvalue weighted by Gasteiger charge is -2.43. The average molecular weight is 279 g/mol. The van der Waals surface area contributed by atoms with Gasteiger partial charge in [-0.05, 0) is 33.4 Å². The van der Waals surface area contributed by atoms with Crippen molar-refractivity contribution in [3.63, 3.8) is 0 Å². The zero-order chi connectivity index (χ0) is 14.6. The molecule has 1 aliphatic carbocycles. The van der Waals surface area contributed by atoms with Crippen molar-refractivity contribution in [2.45, 2.75) is 63.0 Å². The van der Waals surface area contributed by atoms with Crippen LogP contribution in [0.15, 0.2) is 12.4 Å². The lowest BCUT2D eigenvalue weighted by Crippen LogP contribution is -2.53. The highest BCUT2D eigenvalue weighted by atomic mass is 16.3. The monoisotopic (exact) mass is 279 g/mol. The highest BCUT2D eigenvalue weighted by Gasteiger charge is 2.39. The molecular formula is C16H29N3O. The number of hydrogen-bond donors (Lipinski definition) is 1. The van der Waals surface area contributed by atoms with Crippen LogP contribution < -0.4 is 0 Å². The quantitative estimate of drug-likeness (QED) is 0.841. The summed E-state index contributed by atoms with van der Waals surface area (Å²) in [6, 6.07) is 0. The molecule has 4 nitrogen and oxygen atoms in total. The van der Waals surface area contributed by atoms with E-state index in [9.17, 15) is 5.11 Å². The van der Waals surface area contributed by atoms with Crippen molar-refractivity contribution < 1.29 is 5.11 Å². The second-order valence-corrected chi connectivity index (χ2v) is 6.42. The highest BCUT2D eigenvalue weighted by molar-refractivity contribution is 4.98. The van der Waals surface area contributed by atoms with Gasteiger partial charge in [-0.1, -0.05) is 25.7 Å². The van der Waals surface area contributed by atoms with Crippen molar-refractivity contribution in [3.8, 4) is 0 Å². The molecule has 1 aromatic rings. The summed E-state index contributed by atoms with van der Waals surface area (Å²) in [4.78, 5) is 6.62. The molecule has 1 fully saturated rings. The first kappa shape index (κ1) is 15.5. The molecule has 1 aliphatic rings. The SMILES string of the molecule is CN(C)C1(C(O)CCc2nccn2C)CCCCCC1. The summed E-state index contributed by atoms with van der Waals surface area (Å²) < 4.78 is 2.04. The first-order valence-electron chi connectivity index (χ1n) is 7.88. The molecule has 114 valence electrons. The number of aliphatic hydroxyl groups excluding tert-OH is 1. The Morgan fingerprint density at radius 1 is 1.30 bits per heavy atom. The van der Waals surface area contributed by atoms with Crippen LogP contribution in [0.4, 0.5) is 0 Å². The molecule has 0 spiro atoms. The minimum absolute atomic E-state index is 0.0400. The Morgan fingerprint density at radius 3 is 2.45 bits per heavy atom. The summed E-state index contributed by atoms with van der Waals surface area (Å²) in [5.41, 5.74) is -0.0400. The van der Waals surface area contributed by atoms with E-state index in [2.05, 4.69) is 24.0 Å². The van der Waals surface area contributed by atoms with Gasteiger partial charge in [-0.2, -0.15) is 0 Å². The standard InChI is InChI=1S/C16H29N3O/c1-18(2)16(10-6-4-5-7-11-16)14(20)8-9-15-17-12-13-19(15)3/h12-14,20H,4-11H2,1-3H3. The molecule has 0 radical (unpaired) electrons. The van der Waals surface area contributed by atoms with Gasteiger partial charge in [0.05, 0.1) is 6.10 Å². The van der Waals surface area contributed by atoms with Crippen LogP contribution in [0.2, 0.25) is 0 Å². The van der Waals surface area contributed by atoms with Crippen molar-refractivity contribution in [3.05, 3.63) is 18.2 Å². The maximum atomic E-state index is 10.8. The number of aromatic nitrogens is 2. The summed E-state index contributed by atoms with van der Waals surface area (Å²) in [5, 5.41) is 10.8. The van der Waals surface area contributed by atoms with Crippen LogP contribution in [0, 0.1) is 0 Å². The zero-order valence-electron chi connectivity index (χ0n) is 13.2. The Balaban J connectivity index is 2.03. The van der Waals surface area contributed by atoms with Gasteiger partial charge in [0.25, 0.3) is 0 Å². The van der Waals surface area contributed by atoms with Gasteiger partial charge >= 0.3 is 0 Å². The second-order valence-electron chi connectivity index (χ2n) is 6.42. The van der Waals surface area contributed by atoms with Crippen molar-refractivity contribution in [2.75, 3.05) is 14.1 Å². The van der Waals surface area contributed by atoms with Crippen molar-refractivity contribution in [2.24, 2.45) is 7.05 Å². The Kier molecular flexibility index (Phi) is 5.22. The van der Waals surface area contributed by atoms with Crippen LogP contribution in [0.3, 0.4) is 0 Å². The molecule has 0 aliphatic heterocycles. The van der Waals surface area contributed by atoms with Crippen molar-refractivity contribution in [1.29, 1.82) is 0 Å². The molecule has 1 saturated carbocycles. The van der Waals surface area contributed by atoms with E-state index in [1.165, 1.54) is 25.7 Å². The van der Waals surface area contributed by atoms with Crippen molar-refractivity contribution in [1.82, 2.24) is 14.5 Å². The van der Waals surface area contributed by atoms with Gasteiger partial charge < -0.3 is 14.6 Å². The third-order valence-electron chi connectivity index (χ3n) is 5.04. The number of likely N-dealkylation sites (N-methyl/N-ethyl adjacent to an activating group) is 1. The van der Waals surface area contributed by atoms with E-state index in [1.54, 1.807) is 0 Å². The van der Waals surface area contributed by atoms with E-state index in [1.807, 2.05) is 24.0 Å². The highest BCUT2D eigenvalue weighted by Crippen LogP contribution is 2.35. The number of aliphatic hydroxyl groups is 1. The predicted molar refractivity (Wildman–Crippen MR) is 81.7 cm³/mol. The van der Waals surface area contributed by atoms with Crippen LogP contribution in [0.5, 0.6) is 0 Å². The fourth-order valence-electron chi connectivity index (χ4n) is 3.59. The Morgan fingerprint density at radius 2 is 1.95 bits per heavy atom. The fraction of sp³-hybridized carbons (Fsp3) is 0.812. The molecule has 1 aromatic heterocycles. The van der Waals surface area contributed by atoms with Gasteiger partial charge in [0.1, 0.15) is 5.82 Å². The molecule has 0 saturated heterocycles. The predicted octanol–water partition coefficient (Wildman–Crippen LogP) is 2.37. The van der Waals surface area contributed by atoms with Gasteiger partial charge in [-0.3, -0.25) is 0 Å². The normalized spacial score (nSPS) is 20.9. The van der Waals surface area contributed by atoms with E-state index in [-0.39, 0.29) is 11.6 Å². The lowest BCUT2D eigenvalue weighted by molar-refractivity contribution is -0.0224. The number of imidazole rings is 1.